The molecule has 0 aliphatic heterocycles. The molecule has 1 aromatic carbocycles. The molecule has 1 aliphatic carbocycles. The first-order chi connectivity index (χ1) is 8.85. The van der Waals surface area contributed by atoms with Gasteiger partial charge in [0.25, 0.3) is 0 Å². The SMILES string of the molecule is CCCC(=N[C@H]1CCCc2ccccc21)NC#N. The lowest BCUT2D eigenvalue weighted by molar-refractivity contribution is 0.569. The van der Waals surface area contributed by atoms with Gasteiger partial charge in [-0.1, -0.05) is 31.2 Å². The molecule has 0 saturated heterocycles. The number of nitriles is 1. The Labute approximate surface area is 109 Å². The molecule has 0 spiro atoms. The van der Waals surface area contributed by atoms with Gasteiger partial charge < -0.3 is 0 Å². The maximum atomic E-state index is 8.75. The molecule has 2 rings (SSSR count). The van der Waals surface area contributed by atoms with Gasteiger partial charge in [0, 0.05) is 6.42 Å². The molecule has 1 aliphatic rings. The average molecular weight is 241 g/mol. The summed E-state index contributed by atoms with van der Waals surface area (Å²) in [4.78, 5) is 4.74. The van der Waals surface area contributed by atoms with Crippen LogP contribution in [0.15, 0.2) is 29.3 Å². The monoisotopic (exact) mass is 241 g/mol. The van der Waals surface area contributed by atoms with Crippen LogP contribution in [-0.4, -0.2) is 5.84 Å². The molecule has 0 unspecified atom stereocenters. The highest BCUT2D eigenvalue weighted by atomic mass is 15.0. The van der Waals surface area contributed by atoms with E-state index in [9.17, 15) is 0 Å². The second-order valence-electron chi connectivity index (χ2n) is 4.67. The van der Waals surface area contributed by atoms with Crippen LogP contribution in [0.5, 0.6) is 0 Å². The summed E-state index contributed by atoms with van der Waals surface area (Å²) in [5.74, 6) is 0.821. The van der Waals surface area contributed by atoms with Crippen molar-refractivity contribution in [1.29, 1.82) is 5.26 Å². The fourth-order valence-corrected chi connectivity index (χ4v) is 2.51. The topological polar surface area (TPSA) is 48.2 Å². The highest BCUT2D eigenvalue weighted by molar-refractivity contribution is 5.83. The third kappa shape index (κ3) is 2.89. The second kappa shape index (κ2) is 6.20. The van der Waals surface area contributed by atoms with Crippen LogP contribution >= 0.6 is 0 Å². The van der Waals surface area contributed by atoms with Crippen molar-refractivity contribution < 1.29 is 0 Å². The van der Waals surface area contributed by atoms with Crippen molar-refractivity contribution in [3.05, 3.63) is 35.4 Å². The Morgan fingerprint density at radius 2 is 2.33 bits per heavy atom. The minimum Gasteiger partial charge on any atom is -0.281 e. The Kier molecular flexibility index (Phi) is 4.35. The quantitative estimate of drug-likeness (QED) is 0.382. The molecule has 3 nitrogen and oxygen atoms in total. The summed E-state index contributed by atoms with van der Waals surface area (Å²) >= 11 is 0. The fourth-order valence-electron chi connectivity index (χ4n) is 2.51. The number of benzene rings is 1. The molecule has 0 heterocycles. The summed E-state index contributed by atoms with van der Waals surface area (Å²) in [6.07, 6.45) is 7.23. The summed E-state index contributed by atoms with van der Waals surface area (Å²) in [5, 5.41) is 11.5. The summed E-state index contributed by atoms with van der Waals surface area (Å²) in [6, 6.07) is 8.74. The first-order valence-electron chi connectivity index (χ1n) is 6.64. The Morgan fingerprint density at radius 1 is 1.50 bits per heavy atom. The van der Waals surface area contributed by atoms with E-state index in [1.807, 2.05) is 6.19 Å². The van der Waals surface area contributed by atoms with Gasteiger partial charge in [0.15, 0.2) is 6.19 Å². The second-order valence-corrected chi connectivity index (χ2v) is 4.67. The van der Waals surface area contributed by atoms with Crippen molar-refractivity contribution in [1.82, 2.24) is 5.32 Å². The highest BCUT2D eigenvalue weighted by Gasteiger charge is 2.19. The van der Waals surface area contributed by atoms with E-state index >= 15 is 0 Å². The van der Waals surface area contributed by atoms with Crippen LogP contribution in [0.3, 0.4) is 0 Å². The predicted molar refractivity (Wildman–Crippen MR) is 73.2 cm³/mol. The zero-order chi connectivity index (χ0) is 12.8. The van der Waals surface area contributed by atoms with Crippen LogP contribution in [0.25, 0.3) is 0 Å². The van der Waals surface area contributed by atoms with Crippen LogP contribution < -0.4 is 5.32 Å². The Hall–Kier alpha value is -1.82. The van der Waals surface area contributed by atoms with E-state index in [0.717, 1.165) is 31.5 Å². The van der Waals surface area contributed by atoms with Crippen molar-refractivity contribution in [2.24, 2.45) is 4.99 Å². The molecule has 18 heavy (non-hydrogen) atoms. The van der Waals surface area contributed by atoms with E-state index in [1.54, 1.807) is 0 Å². The van der Waals surface area contributed by atoms with Crippen LogP contribution in [0.2, 0.25) is 0 Å². The number of aliphatic imine (C=N–C) groups is 1. The first kappa shape index (κ1) is 12.6. The average Bonchev–Trinajstić information content (AvgIpc) is 2.40. The van der Waals surface area contributed by atoms with Gasteiger partial charge in [-0.25, -0.2) is 0 Å². The molecule has 3 heteroatoms. The van der Waals surface area contributed by atoms with Gasteiger partial charge in [-0.05, 0) is 36.8 Å². The summed E-state index contributed by atoms with van der Waals surface area (Å²) in [5.41, 5.74) is 2.74. The normalized spacial score (nSPS) is 18.9. The van der Waals surface area contributed by atoms with Crippen molar-refractivity contribution in [3.8, 4) is 6.19 Å². The lowest BCUT2D eigenvalue weighted by Crippen LogP contribution is -2.20. The lowest BCUT2D eigenvalue weighted by Gasteiger charge is -2.23. The van der Waals surface area contributed by atoms with Gasteiger partial charge in [0.05, 0.1) is 6.04 Å². The number of nitrogens with one attached hydrogen (secondary N) is 1. The molecule has 0 bridgehead atoms. The molecule has 1 aromatic rings. The molecule has 0 aromatic heterocycles. The van der Waals surface area contributed by atoms with Gasteiger partial charge in [0.2, 0.25) is 0 Å². The van der Waals surface area contributed by atoms with Gasteiger partial charge in [-0.3, -0.25) is 10.3 Å². The van der Waals surface area contributed by atoms with Gasteiger partial charge in [0.1, 0.15) is 5.84 Å². The Morgan fingerprint density at radius 3 is 3.11 bits per heavy atom. The van der Waals surface area contributed by atoms with Gasteiger partial charge in [-0.2, -0.15) is 5.26 Å². The number of amidine groups is 1. The van der Waals surface area contributed by atoms with Crippen LogP contribution in [0.1, 0.15) is 49.8 Å². The van der Waals surface area contributed by atoms with E-state index in [0.29, 0.717) is 0 Å². The number of rotatable bonds is 3. The third-order valence-electron chi connectivity index (χ3n) is 3.34. The number of aryl methyl sites for hydroxylation is 1. The Bertz CT molecular complexity index is 471. The van der Waals surface area contributed by atoms with Gasteiger partial charge >= 0.3 is 0 Å². The van der Waals surface area contributed by atoms with Gasteiger partial charge in [-0.15, -0.1) is 0 Å². The standard InChI is InChI=1S/C15H19N3/c1-2-6-15(17-11-16)18-14-10-5-8-12-7-3-4-9-13(12)14/h3-4,7,9,14H,2,5-6,8,10H2,1H3,(H,17,18)/t14-/m0/s1. The van der Waals surface area contributed by atoms with E-state index in [2.05, 4.69) is 36.5 Å². The zero-order valence-corrected chi connectivity index (χ0v) is 10.8. The molecular formula is C15H19N3. The smallest absolute Gasteiger partial charge is 0.182 e. The molecule has 1 atom stereocenters. The van der Waals surface area contributed by atoms with Crippen LogP contribution in [-0.2, 0) is 6.42 Å². The number of nitrogens with zero attached hydrogens (tertiary/aromatic N) is 2. The number of fused-ring (bicyclic) bond motifs is 1. The molecular weight excluding hydrogens is 222 g/mol. The minimum atomic E-state index is 0.220. The maximum Gasteiger partial charge on any atom is 0.182 e. The van der Waals surface area contributed by atoms with Crippen molar-refractivity contribution in [2.75, 3.05) is 0 Å². The number of hydrogen-bond donors (Lipinski definition) is 1. The maximum absolute atomic E-state index is 8.75. The van der Waals surface area contributed by atoms with Crippen molar-refractivity contribution >= 4 is 5.84 Å². The van der Waals surface area contributed by atoms with Crippen molar-refractivity contribution in [2.45, 2.75) is 45.1 Å². The summed E-state index contributed by atoms with van der Waals surface area (Å²) in [6.45, 7) is 2.10. The van der Waals surface area contributed by atoms with E-state index in [1.165, 1.54) is 17.5 Å². The summed E-state index contributed by atoms with van der Waals surface area (Å²) < 4.78 is 0. The number of hydrogen-bond acceptors (Lipinski definition) is 2. The van der Waals surface area contributed by atoms with Crippen LogP contribution in [0.4, 0.5) is 0 Å². The Balaban J connectivity index is 2.24. The lowest BCUT2D eigenvalue weighted by atomic mass is 9.88. The molecule has 0 fully saturated rings. The minimum absolute atomic E-state index is 0.220. The molecule has 94 valence electrons. The van der Waals surface area contributed by atoms with Crippen LogP contribution in [0, 0.1) is 11.5 Å². The largest absolute Gasteiger partial charge is 0.281 e. The predicted octanol–water partition coefficient (Wildman–Crippen LogP) is 3.33. The first-order valence-corrected chi connectivity index (χ1v) is 6.64. The fraction of sp³-hybridized carbons (Fsp3) is 0.467. The molecule has 0 saturated carbocycles. The van der Waals surface area contributed by atoms with E-state index in [-0.39, 0.29) is 6.04 Å². The molecule has 0 amide bonds. The van der Waals surface area contributed by atoms with Crippen molar-refractivity contribution in [3.63, 3.8) is 0 Å². The molecule has 0 radical (unpaired) electrons. The van der Waals surface area contributed by atoms with E-state index < -0.39 is 0 Å². The zero-order valence-electron chi connectivity index (χ0n) is 10.8. The van der Waals surface area contributed by atoms with E-state index in [4.69, 9.17) is 10.3 Å². The third-order valence-corrected chi connectivity index (χ3v) is 3.34. The summed E-state index contributed by atoms with van der Waals surface area (Å²) in [7, 11) is 0. The molecule has 1 N–H and O–H groups in total. The highest BCUT2D eigenvalue weighted by Crippen LogP contribution is 2.32.